The number of carbonyl (C=O) groups excluding carboxylic acids is 1. The van der Waals surface area contributed by atoms with Crippen molar-refractivity contribution in [1.29, 1.82) is 0 Å². The van der Waals surface area contributed by atoms with Crippen LogP contribution in [-0.4, -0.2) is 25.4 Å². The molecule has 3 aromatic carbocycles. The molecule has 0 aliphatic heterocycles. The average Bonchev–Trinajstić information content (AvgIpc) is 2.75. The Morgan fingerprint density at radius 3 is 2.27 bits per heavy atom. The van der Waals surface area contributed by atoms with E-state index in [1.165, 1.54) is 42.5 Å². The number of benzene rings is 3. The summed E-state index contributed by atoms with van der Waals surface area (Å²) in [7, 11) is -3.89. The van der Waals surface area contributed by atoms with Crippen LogP contribution in [0.5, 0.6) is 0 Å². The number of carbonyl (C=O) groups is 2. The highest BCUT2D eigenvalue weighted by molar-refractivity contribution is 7.89. The smallest absolute Gasteiger partial charge is 0.338 e. The number of amides is 1. The molecule has 0 aromatic heterocycles. The van der Waals surface area contributed by atoms with E-state index in [1.54, 1.807) is 6.07 Å². The minimum atomic E-state index is -3.89. The molecule has 0 heterocycles. The predicted molar refractivity (Wildman–Crippen MR) is 120 cm³/mol. The molecule has 0 aliphatic carbocycles. The molecule has 0 saturated heterocycles. The lowest BCUT2D eigenvalue weighted by Crippen LogP contribution is -2.14. The monoisotopic (exact) mass is 467 g/mol. The van der Waals surface area contributed by atoms with E-state index < -0.39 is 33.3 Å². The van der Waals surface area contributed by atoms with E-state index in [4.69, 9.17) is 21.7 Å². The minimum absolute atomic E-state index is 0.00591. The lowest BCUT2D eigenvalue weighted by Gasteiger charge is -2.11. The van der Waals surface area contributed by atoms with Gasteiger partial charge < -0.3 is 16.6 Å². The first-order chi connectivity index (χ1) is 15.5. The number of hydrogen-bond donors (Lipinski definition) is 4. The van der Waals surface area contributed by atoms with Crippen LogP contribution in [0.4, 0.5) is 10.1 Å². The van der Waals surface area contributed by atoms with E-state index in [2.05, 4.69) is 11.8 Å². The van der Waals surface area contributed by atoms with E-state index >= 15 is 0 Å². The van der Waals surface area contributed by atoms with Gasteiger partial charge in [0.15, 0.2) is 0 Å². The second kappa shape index (κ2) is 9.12. The summed E-state index contributed by atoms with van der Waals surface area (Å²) in [5.41, 5.74) is 12.5. The van der Waals surface area contributed by atoms with Crippen LogP contribution >= 0.6 is 0 Å². The van der Waals surface area contributed by atoms with Crippen molar-refractivity contribution < 1.29 is 27.5 Å². The quantitative estimate of drug-likeness (QED) is 0.331. The number of anilines is 1. The zero-order valence-corrected chi connectivity index (χ0v) is 17.8. The van der Waals surface area contributed by atoms with E-state index in [0.717, 1.165) is 6.07 Å². The highest BCUT2D eigenvalue weighted by Gasteiger charge is 2.15. The third-order valence-corrected chi connectivity index (χ3v) is 5.69. The number of carboxylic acid groups (broad SMARTS) is 1. The number of nitrogens with two attached hydrogens (primary N) is 3. The molecule has 33 heavy (non-hydrogen) atoms. The lowest BCUT2D eigenvalue weighted by atomic mass is 9.96. The Morgan fingerprint density at radius 2 is 1.70 bits per heavy atom. The summed E-state index contributed by atoms with van der Waals surface area (Å²) in [6, 6.07) is 12.5. The molecule has 0 aliphatic rings. The Morgan fingerprint density at radius 1 is 1.03 bits per heavy atom. The lowest BCUT2D eigenvalue weighted by molar-refractivity contribution is 0.0691. The molecule has 0 bridgehead atoms. The van der Waals surface area contributed by atoms with Gasteiger partial charge >= 0.3 is 5.97 Å². The van der Waals surface area contributed by atoms with Gasteiger partial charge in [-0.3, -0.25) is 4.79 Å². The third-order valence-electron chi connectivity index (χ3n) is 4.76. The SMILES string of the molecule is NC(=O)c1cc(C#CCc2cccc(C(=O)O)c2F)cc(-c2ccc(S(N)(=O)=O)cc2)c1N. The van der Waals surface area contributed by atoms with Gasteiger partial charge in [-0.05, 0) is 35.9 Å². The van der Waals surface area contributed by atoms with Crippen molar-refractivity contribution in [3.63, 3.8) is 0 Å². The van der Waals surface area contributed by atoms with E-state index in [9.17, 15) is 22.4 Å². The number of nitrogen functional groups attached to an aromatic ring is 1. The molecule has 0 saturated carbocycles. The number of hydrogen-bond acceptors (Lipinski definition) is 5. The number of rotatable bonds is 5. The fraction of sp³-hybridized carbons (Fsp3) is 0.0435. The molecule has 0 radical (unpaired) electrons. The average molecular weight is 467 g/mol. The summed E-state index contributed by atoms with van der Waals surface area (Å²) in [4.78, 5) is 22.9. The van der Waals surface area contributed by atoms with Gasteiger partial charge in [0.2, 0.25) is 10.0 Å². The third kappa shape index (κ3) is 5.17. The maximum absolute atomic E-state index is 14.3. The molecule has 1 amide bonds. The molecule has 0 unspecified atom stereocenters. The van der Waals surface area contributed by atoms with Gasteiger partial charge in [0.05, 0.1) is 21.7 Å². The number of carboxylic acids is 1. The van der Waals surface area contributed by atoms with Crippen LogP contribution in [0.2, 0.25) is 0 Å². The molecule has 3 aromatic rings. The van der Waals surface area contributed by atoms with Crippen molar-refractivity contribution in [3.05, 3.63) is 82.7 Å². The summed E-state index contributed by atoms with van der Waals surface area (Å²) < 4.78 is 37.2. The highest BCUT2D eigenvalue weighted by Crippen LogP contribution is 2.31. The second-order valence-corrected chi connectivity index (χ2v) is 8.54. The molecule has 168 valence electrons. The second-order valence-electron chi connectivity index (χ2n) is 6.98. The Labute approximate surface area is 188 Å². The van der Waals surface area contributed by atoms with Gasteiger partial charge in [-0.25, -0.2) is 22.7 Å². The normalized spacial score (nSPS) is 10.8. The van der Waals surface area contributed by atoms with Crippen molar-refractivity contribution >= 4 is 27.6 Å². The Balaban J connectivity index is 2.02. The van der Waals surface area contributed by atoms with E-state index in [0.29, 0.717) is 16.7 Å². The van der Waals surface area contributed by atoms with Crippen LogP contribution in [0.1, 0.15) is 31.8 Å². The molecule has 0 spiro atoms. The maximum Gasteiger partial charge on any atom is 0.338 e. The van der Waals surface area contributed by atoms with E-state index in [-0.39, 0.29) is 28.1 Å². The van der Waals surface area contributed by atoms with Crippen LogP contribution in [0.15, 0.2) is 59.5 Å². The van der Waals surface area contributed by atoms with Gasteiger partial charge in [0.1, 0.15) is 5.82 Å². The van der Waals surface area contributed by atoms with Gasteiger partial charge in [-0.15, -0.1) is 0 Å². The number of primary sulfonamides is 1. The summed E-state index contributed by atoms with van der Waals surface area (Å²) in [6.45, 7) is 0. The standard InChI is InChI=1S/C23H18FN3O5S/c24-20-15(5-2-6-17(20)23(29)30)4-1-3-13-11-18(21(25)19(12-13)22(26)28)14-7-9-16(10-8-14)33(27,31)32/h2,5-12H,4,25H2,(H2,26,28)(H,29,30)(H2,27,31,32). The minimum Gasteiger partial charge on any atom is -0.478 e. The highest BCUT2D eigenvalue weighted by atomic mass is 32.2. The zero-order valence-electron chi connectivity index (χ0n) is 17.0. The zero-order chi connectivity index (χ0) is 24.3. The Kier molecular flexibility index (Phi) is 6.48. The molecule has 0 fully saturated rings. The fourth-order valence-electron chi connectivity index (χ4n) is 3.12. The molecule has 10 heteroatoms. The van der Waals surface area contributed by atoms with E-state index in [1.807, 2.05) is 0 Å². The number of aromatic carboxylic acids is 1. The summed E-state index contributed by atoms with van der Waals surface area (Å²) in [6.07, 6.45) is -0.0817. The molecule has 8 nitrogen and oxygen atoms in total. The van der Waals surface area contributed by atoms with Crippen molar-refractivity contribution in [2.24, 2.45) is 10.9 Å². The van der Waals surface area contributed by atoms with Crippen LogP contribution in [-0.2, 0) is 16.4 Å². The topological polar surface area (TPSA) is 167 Å². The molecule has 0 atom stereocenters. The number of primary amides is 1. The largest absolute Gasteiger partial charge is 0.478 e. The maximum atomic E-state index is 14.3. The van der Waals surface area contributed by atoms with Crippen LogP contribution in [0, 0.1) is 17.7 Å². The van der Waals surface area contributed by atoms with Crippen molar-refractivity contribution in [2.45, 2.75) is 11.3 Å². The first kappa shape index (κ1) is 23.5. The molecular formula is C23H18FN3O5S. The first-order valence-corrected chi connectivity index (χ1v) is 10.9. The van der Waals surface area contributed by atoms with Gasteiger partial charge in [-0.1, -0.05) is 36.1 Å². The number of sulfonamides is 1. The van der Waals surface area contributed by atoms with Gasteiger partial charge in [0.25, 0.3) is 5.91 Å². The predicted octanol–water partition coefficient (Wildman–Crippen LogP) is 2.11. The van der Waals surface area contributed by atoms with Crippen LogP contribution in [0.3, 0.4) is 0 Å². The molecule has 7 N–H and O–H groups in total. The summed E-state index contributed by atoms with van der Waals surface area (Å²) in [5.74, 6) is 2.49. The molecule has 3 rings (SSSR count). The Bertz CT molecular complexity index is 1440. The van der Waals surface area contributed by atoms with Crippen LogP contribution in [0.25, 0.3) is 11.1 Å². The van der Waals surface area contributed by atoms with Crippen molar-refractivity contribution in [1.82, 2.24) is 0 Å². The van der Waals surface area contributed by atoms with Gasteiger partial charge in [0, 0.05) is 23.1 Å². The summed E-state index contributed by atoms with van der Waals surface area (Å²) >= 11 is 0. The van der Waals surface area contributed by atoms with Crippen molar-refractivity contribution in [2.75, 3.05) is 5.73 Å². The van der Waals surface area contributed by atoms with Gasteiger partial charge in [-0.2, -0.15) is 0 Å². The first-order valence-electron chi connectivity index (χ1n) is 9.35. The number of halogens is 1. The summed E-state index contributed by atoms with van der Waals surface area (Å²) in [5, 5.41) is 14.1. The fourth-order valence-corrected chi connectivity index (χ4v) is 3.63. The van der Waals surface area contributed by atoms with Crippen LogP contribution < -0.4 is 16.6 Å². The van der Waals surface area contributed by atoms with Crippen molar-refractivity contribution in [3.8, 4) is 23.0 Å². The molecular weight excluding hydrogens is 449 g/mol. The Hall–Kier alpha value is -4.20.